The highest BCUT2D eigenvalue weighted by Gasteiger charge is 2.00. The number of pyridine rings is 5. The lowest BCUT2D eigenvalue weighted by Crippen LogP contribution is -1.93. The molecule has 0 radical (unpaired) electrons. The van der Waals surface area contributed by atoms with Gasteiger partial charge in [-0.3, -0.25) is 24.9 Å². The van der Waals surface area contributed by atoms with Gasteiger partial charge in [-0.05, 0) is 108 Å². The zero-order valence-corrected chi connectivity index (χ0v) is 36.1. The van der Waals surface area contributed by atoms with Crippen molar-refractivity contribution in [2.45, 2.75) is 126 Å². The number of aromatic nitrogens is 7. The number of rotatable bonds is 6. The molecule has 6 rings (SSSR count). The van der Waals surface area contributed by atoms with Crippen molar-refractivity contribution in [3.63, 3.8) is 0 Å². The van der Waals surface area contributed by atoms with Crippen LogP contribution in [0.25, 0.3) is 0 Å². The maximum atomic E-state index is 12.3. The number of hydrogen-bond donors (Lipinski definition) is 0. The molecule has 0 aliphatic rings. The van der Waals surface area contributed by atoms with E-state index in [4.69, 9.17) is 0 Å². The van der Waals surface area contributed by atoms with Gasteiger partial charge in [-0.15, -0.1) is 0 Å². The molecule has 0 aliphatic heterocycles. The van der Waals surface area contributed by atoms with Crippen LogP contribution in [0.15, 0.2) is 129 Å². The molecule has 0 saturated carbocycles. The highest BCUT2D eigenvalue weighted by atomic mass is 19.1. The molecule has 56 heavy (non-hydrogen) atoms. The third kappa shape index (κ3) is 22.2. The molecule has 0 bridgehead atoms. The predicted molar refractivity (Wildman–Crippen MR) is 232 cm³/mol. The summed E-state index contributed by atoms with van der Waals surface area (Å²) in [5.41, 5.74) is 7.15. The molecule has 300 valence electrons. The summed E-state index contributed by atoms with van der Waals surface area (Å²) in [5.74, 6) is 3.76. The van der Waals surface area contributed by atoms with E-state index in [0.717, 1.165) is 17.2 Å². The van der Waals surface area contributed by atoms with Gasteiger partial charge in [0.2, 0.25) is 0 Å². The quantitative estimate of drug-likeness (QED) is 0.167. The average molecular weight is 760 g/mol. The molecule has 0 aliphatic carbocycles. The predicted octanol–water partition coefficient (Wildman–Crippen LogP) is 13.1. The minimum absolute atomic E-state index is 0.274. The number of aryl methyl sites for hydroxylation is 1. The lowest BCUT2D eigenvalue weighted by molar-refractivity contribution is 0.617. The van der Waals surface area contributed by atoms with E-state index in [1.54, 1.807) is 24.7 Å². The van der Waals surface area contributed by atoms with Crippen LogP contribution in [-0.4, -0.2) is 34.9 Å². The second-order valence-electron chi connectivity index (χ2n) is 15.0. The summed E-state index contributed by atoms with van der Waals surface area (Å²) in [6.07, 6.45) is 15.9. The van der Waals surface area contributed by atoms with E-state index in [1.165, 1.54) is 34.6 Å². The Hall–Kier alpha value is -5.24. The summed E-state index contributed by atoms with van der Waals surface area (Å²) >= 11 is 0. The van der Waals surface area contributed by atoms with Crippen LogP contribution in [0.1, 0.15) is 158 Å². The third-order valence-electron chi connectivity index (χ3n) is 7.97. The summed E-state index contributed by atoms with van der Waals surface area (Å²) < 4.78 is 12.3. The van der Waals surface area contributed by atoms with Gasteiger partial charge in [0.25, 0.3) is 0 Å². The van der Waals surface area contributed by atoms with Crippen LogP contribution in [0.5, 0.6) is 0 Å². The summed E-state index contributed by atoms with van der Waals surface area (Å²) in [4.78, 5) is 28.4. The first-order chi connectivity index (χ1) is 26.6. The Bertz CT molecular complexity index is 1560. The van der Waals surface area contributed by atoms with Crippen LogP contribution in [0.2, 0.25) is 0 Å². The van der Waals surface area contributed by atoms with Gasteiger partial charge >= 0.3 is 0 Å². The Morgan fingerprint density at radius 3 is 1.25 bits per heavy atom. The van der Waals surface area contributed by atoms with Crippen molar-refractivity contribution in [2.24, 2.45) is 0 Å². The van der Waals surface area contributed by atoms with Gasteiger partial charge in [0.05, 0.1) is 6.20 Å². The number of halogens is 1. The minimum atomic E-state index is -0.274. The molecule has 0 atom stereocenters. The Labute approximate surface area is 337 Å². The van der Waals surface area contributed by atoms with Gasteiger partial charge in [0.1, 0.15) is 11.6 Å². The summed E-state index contributed by atoms with van der Waals surface area (Å²) in [6.45, 7) is 27.5. The summed E-state index contributed by atoms with van der Waals surface area (Å²) in [6, 6.07) is 23.3. The molecule has 0 aromatic carbocycles. The maximum Gasteiger partial charge on any atom is 0.141 e. The minimum Gasteiger partial charge on any atom is -0.265 e. The van der Waals surface area contributed by atoms with Crippen molar-refractivity contribution < 1.29 is 4.39 Å². The molecule has 0 N–H and O–H groups in total. The van der Waals surface area contributed by atoms with E-state index in [1.807, 2.05) is 87.3 Å². The molecule has 0 fully saturated rings. The molecule has 6 aromatic rings. The second-order valence-corrected chi connectivity index (χ2v) is 15.0. The molecule has 6 heterocycles. The van der Waals surface area contributed by atoms with Gasteiger partial charge in [0.15, 0.2) is 0 Å². The summed E-state index contributed by atoms with van der Waals surface area (Å²) in [7, 11) is 0. The van der Waals surface area contributed by atoms with Crippen LogP contribution in [0.4, 0.5) is 4.39 Å². The first-order valence-electron chi connectivity index (χ1n) is 19.6. The van der Waals surface area contributed by atoms with E-state index >= 15 is 0 Å². The normalized spacial score (nSPS) is 10.2. The third-order valence-corrected chi connectivity index (χ3v) is 7.97. The van der Waals surface area contributed by atoms with E-state index in [-0.39, 0.29) is 5.82 Å². The zero-order valence-electron chi connectivity index (χ0n) is 36.1. The largest absolute Gasteiger partial charge is 0.265 e. The monoisotopic (exact) mass is 760 g/mol. The van der Waals surface area contributed by atoms with E-state index in [9.17, 15) is 4.39 Å². The molecule has 6 aromatic heterocycles. The number of nitrogens with zero attached hydrogens (tertiary/aromatic N) is 7. The fourth-order valence-electron chi connectivity index (χ4n) is 4.34. The lowest BCUT2D eigenvalue weighted by Gasteiger charge is -2.02. The smallest absolute Gasteiger partial charge is 0.141 e. The Morgan fingerprint density at radius 1 is 0.375 bits per heavy atom. The van der Waals surface area contributed by atoms with E-state index in [0.29, 0.717) is 35.5 Å². The molecular formula is C48H66FN7. The Morgan fingerprint density at radius 2 is 0.911 bits per heavy atom. The highest BCUT2D eigenvalue weighted by molar-refractivity contribution is 5.15. The molecule has 7 nitrogen and oxygen atoms in total. The van der Waals surface area contributed by atoms with Crippen molar-refractivity contribution in [3.05, 3.63) is 174 Å². The first kappa shape index (κ1) is 48.8. The highest BCUT2D eigenvalue weighted by Crippen LogP contribution is 2.13. The standard InChI is InChI=1S/C9H13N.C8H10FN.3C8H11N.C7H10N2/c1-7(2)9-5-4-8(3)6-10-9;1-6(2)8-4-3-7(9)5-10-8;1-7(2)8-3-5-9-6-4-8;1-7(2)8-4-3-5-9-6-8;1-7(2)8-5-3-4-6-9-8;1-6(2)7-8-4-3-5-9-7/h4-7H,1-3H3;3-6H,1-2H3;3*3-7H,1-2H3;3-6H,1-2H3. The van der Waals surface area contributed by atoms with Gasteiger partial charge < -0.3 is 0 Å². The van der Waals surface area contributed by atoms with Crippen molar-refractivity contribution in [1.29, 1.82) is 0 Å². The van der Waals surface area contributed by atoms with Gasteiger partial charge in [-0.25, -0.2) is 14.4 Å². The van der Waals surface area contributed by atoms with E-state index < -0.39 is 0 Å². The van der Waals surface area contributed by atoms with Crippen molar-refractivity contribution in [3.8, 4) is 0 Å². The zero-order chi connectivity index (χ0) is 41.9. The number of hydrogen-bond acceptors (Lipinski definition) is 7. The van der Waals surface area contributed by atoms with Crippen molar-refractivity contribution >= 4 is 0 Å². The second kappa shape index (κ2) is 28.2. The molecule has 0 amide bonds. The van der Waals surface area contributed by atoms with Crippen LogP contribution < -0.4 is 0 Å². The van der Waals surface area contributed by atoms with Gasteiger partial charge in [0, 0.05) is 72.6 Å². The van der Waals surface area contributed by atoms with Crippen LogP contribution >= 0.6 is 0 Å². The molecule has 0 spiro atoms. The van der Waals surface area contributed by atoms with Crippen molar-refractivity contribution in [2.75, 3.05) is 0 Å². The Kier molecular flexibility index (Phi) is 24.6. The molecular weight excluding hydrogens is 694 g/mol. The fraction of sp³-hybridized carbons (Fsp3) is 0.396. The molecule has 0 saturated heterocycles. The van der Waals surface area contributed by atoms with Gasteiger partial charge in [-0.2, -0.15) is 0 Å². The molecule has 0 unspecified atom stereocenters. The van der Waals surface area contributed by atoms with Crippen LogP contribution in [0, 0.1) is 12.7 Å². The Balaban J connectivity index is 0.000000336. The van der Waals surface area contributed by atoms with Crippen LogP contribution in [0.3, 0.4) is 0 Å². The van der Waals surface area contributed by atoms with Gasteiger partial charge in [-0.1, -0.05) is 101 Å². The van der Waals surface area contributed by atoms with Crippen LogP contribution in [-0.2, 0) is 0 Å². The summed E-state index contributed by atoms with van der Waals surface area (Å²) in [5, 5.41) is 0. The molecule has 8 heteroatoms. The fourth-order valence-corrected chi connectivity index (χ4v) is 4.34. The SMILES string of the molecule is CC(C)c1ccc(F)cn1.CC(C)c1ccccn1.CC(C)c1cccnc1.CC(C)c1ccncc1.CC(C)c1ncccn1.Cc1ccc(C(C)C)nc1. The first-order valence-corrected chi connectivity index (χ1v) is 19.6. The maximum absolute atomic E-state index is 12.3. The van der Waals surface area contributed by atoms with Crippen molar-refractivity contribution in [1.82, 2.24) is 34.9 Å². The average Bonchev–Trinajstić information content (AvgIpc) is 3.21. The topological polar surface area (TPSA) is 90.2 Å². The van der Waals surface area contributed by atoms with E-state index in [2.05, 4.69) is 129 Å². The lowest BCUT2D eigenvalue weighted by atomic mass is 10.1.